The molecule has 6 heteroatoms. The van der Waals surface area contributed by atoms with Gasteiger partial charge < -0.3 is 0 Å². The van der Waals surface area contributed by atoms with Crippen LogP contribution >= 0.6 is 23.2 Å². The van der Waals surface area contributed by atoms with Crippen molar-refractivity contribution >= 4 is 34.2 Å². The van der Waals surface area contributed by atoms with Crippen LogP contribution in [0.1, 0.15) is 11.4 Å². The second-order valence-corrected chi connectivity index (χ2v) is 5.10. The molecule has 1 aromatic carbocycles. The standard InChI is InChI=1S/C13H10Cl2N4/c1-7-5-8(2)19(18-7)13-12(15)16-10-4-3-9(14)6-11(10)17-13/h3-6H,1-2H3. The van der Waals surface area contributed by atoms with Gasteiger partial charge in [-0.2, -0.15) is 5.10 Å². The Bertz CT molecular complexity index is 780. The Hall–Kier alpha value is -1.65. The highest BCUT2D eigenvalue weighted by Gasteiger charge is 2.12. The van der Waals surface area contributed by atoms with Gasteiger partial charge in [-0.3, -0.25) is 0 Å². The maximum absolute atomic E-state index is 6.19. The highest BCUT2D eigenvalue weighted by molar-refractivity contribution is 6.32. The van der Waals surface area contributed by atoms with Crippen molar-refractivity contribution in [1.82, 2.24) is 19.7 Å². The zero-order valence-corrected chi connectivity index (χ0v) is 11.9. The number of rotatable bonds is 1. The first kappa shape index (κ1) is 12.4. The van der Waals surface area contributed by atoms with Crippen LogP contribution in [0.2, 0.25) is 10.2 Å². The first-order chi connectivity index (χ1) is 9.04. The van der Waals surface area contributed by atoms with Crippen LogP contribution < -0.4 is 0 Å². The first-order valence-corrected chi connectivity index (χ1v) is 6.46. The predicted octanol–water partition coefficient (Wildman–Crippen LogP) is 3.74. The molecule has 4 nitrogen and oxygen atoms in total. The fraction of sp³-hybridized carbons (Fsp3) is 0.154. The minimum atomic E-state index is 0.320. The Kier molecular flexibility index (Phi) is 2.92. The number of hydrogen-bond acceptors (Lipinski definition) is 3. The van der Waals surface area contributed by atoms with E-state index in [-0.39, 0.29) is 0 Å². The highest BCUT2D eigenvalue weighted by atomic mass is 35.5. The number of nitrogens with zero attached hydrogens (tertiary/aromatic N) is 4. The molecule has 19 heavy (non-hydrogen) atoms. The van der Waals surface area contributed by atoms with E-state index in [9.17, 15) is 0 Å². The lowest BCUT2D eigenvalue weighted by atomic mass is 10.3. The van der Waals surface area contributed by atoms with E-state index in [1.165, 1.54) is 0 Å². The molecule has 0 amide bonds. The van der Waals surface area contributed by atoms with E-state index >= 15 is 0 Å². The number of aromatic nitrogens is 4. The molecule has 0 atom stereocenters. The minimum Gasteiger partial charge on any atom is -0.231 e. The molecule has 0 saturated heterocycles. The molecule has 0 N–H and O–H groups in total. The number of benzene rings is 1. The molecule has 0 fully saturated rings. The van der Waals surface area contributed by atoms with Crippen LogP contribution in [0.4, 0.5) is 0 Å². The molecular formula is C13H10Cl2N4. The summed E-state index contributed by atoms with van der Waals surface area (Å²) in [5.74, 6) is 0.516. The zero-order valence-electron chi connectivity index (χ0n) is 10.4. The summed E-state index contributed by atoms with van der Waals surface area (Å²) in [4.78, 5) is 8.83. The van der Waals surface area contributed by atoms with Crippen molar-refractivity contribution in [2.24, 2.45) is 0 Å². The summed E-state index contributed by atoms with van der Waals surface area (Å²) in [5, 5.41) is 5.30. The minimum absolute atomic E-state index is 0.320. The summed E-state index contributed by atoms with van der Waals surface area (Å²) in [6.45, 7) is 3.86. The van der Waals surface area contributed by atoms with Crippen molar-refractivity contribution in [2.45, 2.75) is 13.8 Å². The first-order valence-electron chi connectivity index (χ1n) is 5.71. The van der Waals surface area contributed by atoms with Crippen LogP contribution in [0.25, 0.3) is 16.9 Å². The smallest absolute Gasteiger partial charge is 0.192 e. The Morgan fingerprint density at radius 3 is 2.47 bits per heavy atom. The Balaban J connectivity index is 2.29. The lowest BCUT2D eigenvalue weighted by Crippen LogP contribution is -2.04. The number of halogens is 2. The van der Waals surface area contributed by atoms with Gasteiger partial charge in [-0.1, -0.05) is 23.2 Å². The summed E-state index contributed by atoms with van der Waals surface area (Å²) in [6.07, 6.45) is 0. The molecule has 0 bridgehead atoms. The largest absolute Gasteiger partial charge is 0.231 e. The summed E-state index contributed by atoms with van der Waals surface area (Å²) >= 11 is 12.2. The molecule has 96 valence electrons. The molecule has 3 aromatic rings. The second kappa shape index (κ2) is 4.47. The third kappa shape index (κ3) is 2.17. The average Bonchev–Trinajstić information content (AvgIpc) is 2.68. The van der Waals surface area contributed by atoms with Crippen LogP contribution in [0.15, 0.2) is 24.3 Å². The molecule has 0 aliphatic heterocycles. The fourth-order valence-corrected chi connectivity index (χ4v) is 2.35. The van der Waals surface area contributed by atoms with Crippen LogP contribution in [0.5, 0.6) is 0 Å². The molecule has 0 aliphatic rings. The van der Waals surface area contributed by atoms with Gasteiger partial charge in [0, 0.05) is 10.7 Å². The van der Waals surface area contributed by atoms with E-state index in [2.05, 4.69) is 15.1 Å². The lowest BCUT2D eigenvalue weighted by molar-refractivity contribution is 0.806. The summed E-state index contributed by atoms with van der Waals surface area (Å²) in [7, 11) is 0. The Labute approximate surface area is 120 Å². The number of fused-ring (bicyclic) bond motifs is 1. The van der Waals surface area contributed by atoms with Gasteiger partial charge in [-0.05, 0) is 38.1 Å². The van der Waals surface area contributed by atoms with E-state index in [0.29, 0.717) is 27.0 Å². The zero-order chi connectivity index (χ0) is 13.6. The number of hydrogen-bond donors (Lipinski definition) is 0. The monoisotopic (exact) mass is 292 g/mol. The van der Waals surface area contributed by atoms with Crippen molar-refractivity contribution in [3.05, 3.63) is 45.8 Å². The molecule has 2 heterocycles. The van der Waals surface area contributed by atoms with Crippen molar-refractivity contribution in [3.8, 4) is 5.82 Å². The SMILES string of the molecule is Cc1cc(C)n(-c2nc3cc(Cl)ccc3nc2Cl)n1. The summed E-state index contributed by atoms with van der Waals surface area (Å²) in [6, 6.07) is 7.27. The van der Waals surface area contributed by atoms with E-state index in [1.54, 1.807) is 22.9 Å². The average molecular weight is 293 g/mol. The van der Waals surface area contributed by atoms with Crippen LogP contribution in [-0.4, -0.2) is 19.7 Å². The molecule has 0 aliphatic carbocycles. The molecule has 0 saturated carbocycles. The molecule has 3 rings (SSSR count). The van der Waals surface area contributed by atoms with Crippen molar-refractivity contribution < 1.29 is 0 Å². The molecule has 0 spiro atoms. The number of aryl methyl sites for hydroxylation is 2. The maximum atomic E-state index is 6.19. The van der Waals surface area contributed by atoms with E-state index in [1.807, 2.05) is 19.9 Å². The normalized spacial score (nSPS) is 11.2. The van der Waals surface area contributed by atoms with Gasteiger partial charge in [0.1, 0.15) is 0 Å². The lowest BCUT2D eigenvalue weighted by Gasteiger charge is -2.07. The Morgan fingerprint density at radius 1 is 1.00 bits per heavy atom. The van der Waals surface area contributed by atoms with Gasteiger partial charge in [0.25, 0.3) is 0 Å². The quantitative estimate of drug-likeness (QED) is 0.686. The van der Waals surface area contributed by atoms with Crippen molar-refractivity contribution in [2.75, 3.05) is 0 Å². The third-order valence-electron chi connectivity index (χ3n) is 2.78. The predicted molar refractivity (Wildman–Crippen MR) is 76.2 cm³/mol. The van der Waals surface area contributed by atoms with Crippen LogP contribution in [-0.2, 0) is 0 Å². The summed E-state index contributed by atoms with van der Waals surface area (Å²) in [5.41, 5.74) is 3.26. The Morgan fingerprint density at radius 2 is 1.79 bits per heavy atom. The van der Waals surface area contributed by atoms with Gasteiger partial charge >= 0.3 is 0 Å². The van der Waals surface area contributed by atoms with Crippen molar-refractivity contribution in [1.29, 1.82) is 0 Å². The van der Waals surface area contributed by atoms with Crippen LogP contribution in [0, 0.1) is 13.8 Å². The van der Waals surface area contributed by atoms with Gasteiger partial charge in [0.05, 0.1) is 16.7 Å². The van der Waals surface area contributed by atoms with E-state index < -0.39 is 0 Å². The highest BCUT2D eigenvalue weighted by Crippen LogP contribution is 2.23. The molecule has 0 radical (unpaired) electrons. The van der Waals surface area contributed by atoms with Crippen molar-refractivity contribution in [3.63, 3.8) is 0 Å². The second-order valence-electron chi connectivity index (χ2n) is 4.31. The van der Waals surface area contributed by atoms with Gasteiger partial charge in [0.2, 0.25) is 0 Å². The van der Waals surface area contributed by atoms with Crippen LogP contribution in [0.3, 0.4) is 0 Å². The van der Waals surface area contributed by atoms with E-state index in [4.69, 9.17) is 23.2 Å². The van der Waals surface area contributed by atoms with Gasteiger partial charge in [-0.25, -0.2) is 14.6 Å². The van der Waals surface area contributed by atoms with E-state index in [0.717, 1.165) is 11.4 Å². The summed E-state index contributed by atoms with van der Waals surface area (Å²) < 4.78 is 1.69. The molecule has 0 unspecified atom stereocenters. The topological polar surface area (TPSA) is 43.6 Å². The fourth-order valence-electron chi connectivity index (χ4n) is 1.97. The third-order valence-corrected chi connectivity index (χ3v) is 3.27. The molecule has 2 aromatic heterocycles. The van der Waals surface area contributed by atoms with Gasteiger partial charge in [0.15, 0.2) is 11.0 Å². The maximum Gasteiger partial charge on any atom is 0.192 e. The molecular weight excluding hydrogens is 283 g/mol. The van der Waals surface area contributed by atoms with Gasteiger partial charge in [-0.15, -0.1) is 0 Å².